The van der Waals surface area contributed by atoms with E-state index in [1.165, 1.54) is 11.1 Å². The minimum absolute atomic E-state index is 0.0460. The van der Waals surface area contributed by atoms with Crippen LogP contribution in [0.2, 0.25) is 5.02 Å². The predicted octanol–water partition coefficient (Wildman–Crippen LogP) is 3.58. The van der Waals surface area contributed by atoms with Crippen molar-refractivity contribution < 1.29 is 4.79 Å². The molecule has 2 aromatic rings. The largest absolute Gasteiger partial charge is 0.337 e. The number of carbonyl (C=O) groups is 1. The van der Waals surface area contributed by atoms with Gasteiger partial charge in [-0.05, 0) is 36.1 Å². The van der Waals surface area contributed by atoms with E-state index in [2.05, 4.69) is 23.5 Å². The molecule has 120 valence electrons. The van der Waals surface area contributed by atoms with Crippen LogP contribution >= 0.6 is 11.6 Å². The van der Waals surface area contributed by atoms with Gasteiger partial charge in [-0.1, -0.05) is 54.1 Å². The monoisotopic (exact) mass is 328 g/mol. The highest BCUT2D eigenvalue weighted by atomic mass is 35.5. The van der Waals surface area contributed by atoms with Crippen LogP contribution in [-0.2, 0) is 17.8 Å². The van der Waals surface area contributed by atoms with Crippen molar-refractivity contribution >= 4 is 17.5 Å². The fraction of sp³-hybridized carbons (Fsp3) is 0.316. The summed E-state index contributed by atoms with van der Waals surface area (Å²) in [6, 6.07) is 16.1. The molecule has 1 atom stereocenters. The molecule has 0 unspecified atom stereocenters. The average molecular weight is 329 g/mol. The van der Waals surface area contributed by atoms with Gasteiger partial charge in [-0.25, -0.2) is 0 Å². The first kappa shape index (κ1) is 16.0. The molecule has 0 aromatic heterocycles. The molecule has 1 amide bonds. The van der Waals surface area contributed by atoms with Gasteiger partial charge in [0.2, 0.25) is 5.91 Å². The maximum Gasteiger partial charge on any atom is 0.236 e. The Kier molecular flexibility index (Phi) is 4.99. The van der Waals surface area contributed by atoms with Crippen molar-refractivity contribution in [2.45, 2.75) is 25.9 Å². The quantitative estimate of drug-likeness (QED) is 0.930. The summed E-state index contributed by atoms with van der Waals surface area (Å²) in [5.41, 5.74) is 3.63. The van der Waals surface area contributed by atoms with Crippen LogP contribution in [0, 0.1) is 0 Å². The molecule has 0 radical (unpaired) electrons. The Morgan fingerprint density at radius 1 is 1.17 bits per heavy atom. The lowest BCUT2D eigenvalue weighted by Gasteiger charge is -2.29. The van der Waals surface area contributed by atoms with Gasteiger partial charge in [0, 0.05) is 24.2 Å². The summed E-state index contributed by atoms with van der Waals surface area (Å²) in [5.74, 6) is 0.137. The first-order chi connectivity index (χ1) is 11.1. The van der Waals surface area contributed by atoms with Gasteiger partial charge in [0.1, 0.15) is 0 Å². The van der Waals surface area contributed by atoms with Gasteiger partial charge in [-0.15, -0.1) is 0 Å². The van der Waals surface area contributed by atoms with Crippen LogP contribution in [0.1, 0.15) is 29.7 Å². The molecule has 0 spiro atoms. The van der Waals surface area contributed by atoms with E-state index in [0.29, 0.717) is 13.1 Å². The molecule has 0 saturated carbocycles. The summed E-state index contributed by atoms with van der Waals surface area (Å²) in [6.07, 6.45) is 0.933. The predicted molar refractivity (Wildman–Crippen MR) is 93.4 cm³/mol. The number of nitrogens with one attached hydrogen (secondary N) is 1. The Morgan fingerprint density at radius 2 is 1.87 bits per heavy atom. The van der Waals surface area contributed by atoms with Gasteiger partial charge in [-0.2, -0.15) is 0 Å². The molecule has 0 aliphatic carbocycles. The van der Waals surface area contributed by atoms with E-state index >= 15 is 0 Å². The van der Waals surface area contributed by atoms with Crippen molar-refractivity contribution in [3.8, 4) is 0 Å². The van der Waals surface area contributed by atoms with E-state index in [1.54, 1.807) is 0 Å². The van der Waals surface area contributed by atoms with Gasteiger partial charge < -0.3 is 10.2 Å². The van der Waals surface area contributed by atoms with E-state index in [-0.39, 0.29) is 11.9 Å². The number of amides is 1. The van der Waals surface area contributed by atoms with Crippen LogP contribution in [0.25, 0.3) is 0 Å². The zero-order valence-corrected chi connectivity index (χ0v) is 14.0. The van der Waals surface area contributed by atoms with E-state index in [4.69, 9.17) is 11.6 Å². The zero-order chi connectivity index (χ0) is 16.2. The summed E-state index contributed by atoms with van der Waals surface area (Å²) in [7, 11) is 0. The minimum atomic E-state index is 0.0460. The molecular formula is C19H21ClN2O. The van der Waals surface area contributed by atoms with Gasteiger partial charge in [-0.3, -0.25) is 4.79 Å². The number of benzene rings is 2. The second-order valence-corrected chi connectivity index (χ2v) is 6.37. The molecule has 1 aliphatic rings. The third-order valence-electron chi connectivity index (χ3n) is 4.41. The average Bonchev–Trinajstić information content (AvgIpc) is 2.59. The van der Waals surface area contributed by atoms with Gasteiger partial charge in [0.05, 0.1) is 6.54 Å². The van der Waals surface area contributed by atoms with Gasteiger partial charge in [0.15, 0.2) is 0 Å². The molecule has 0 saturated heterocycles. The summed E-state index contributed by atoms with van der Waals surface area (Å²) >= 11 is 6.20. The van der Waals surface area contributed by atoms with Crippen molar-refractivity contribution in [2.75, 3.05) is 13.1 Å². The number of nitrogens with zero attached hydrogens (tertiary/aromatic N) is 1. The molecule has 0 fully saturated rings. The third-order valence-corrected chi connectivity index (χ3v) is 4.76. The molecule has 23 heavy (non-hydrogen) atoms. The molecule has 3 nitrogen and oxygen atoms in total. The highest BCUT2D eigenvalue weighted by Gasteiger charge is 2.20. The molecule has 1 heterocycles. The van der Waals surface area contributed by atoms with Gasteiger partial charge in [0.25, 0.3) is 0 Å². The second kappa shape index (κ2) is 7.16. The van der Waals surface area contributed by atoms with E-state index in [1.807, 2.05) is 42.2 Å². The standard InChI is InChI=1S/C19H21ClN2O/c1-14(17-8-4-5-9-18(17)20)21-12-19(23)22-11-10-15-6-2-3-7-16(15)13-22/h2-9,14,21H,10-13H2,1H3/t14-/m0/s1. The summed E-state index contributed by atoms with van der Waals surface area (Å²) in [5, 5.41) is 4.01. The maximum atomic E-state index is 12.5. The number of hydrogen-bond acceptors (Lipinski definition) is 2. The van der Waals surface area contributed by atoms with Crippen molar-refractivity contribution in [3.63, 3.8) is 0 Å². The van der Waals surface area contributed by atoms with Crippen LogP contribution in [-0.4, -0.2) is 23.9 Å². The van der Waals surface area contributed by atoms with E-state index < -0.39 is 0 Å². The van der Waals surface area contributed by atoms with Crippen molar-refractivity contribution in [1.29, 1.82) is 0 Å². The minimum Gasteiger partial charge on any atom is -0.337 e. The Morgan fingerprint density at radius 3 is 2.65 bits per heavy atom. The van der Waals surface area contributed by atoms with Crippen LogP contribution in [0.3, 0.4) is 0 Å². The van der Waals surface area contributed by atoms with Crippen molar-refractivity contribution in [2.24, 2.45) is 0 Å². The smallest absolute Gasteiger partial charge is 0.236 e. The molecule has 4 heteroatoms. The zero-order valence-electron chi connectivity index (χ0n) is 13.3. The van der Waals surface area contributed by atoms with Crippen LogP contribution < -0.4 is 5.32 Å². The summed E-state index contributed by atoms with van der Waals surface area (Å²) in [6.45, 7) is 3.85. The number of halogens is 1. The third kappa shape index (κ3) is 3.74. The Bertz CT molecular complexity index is 701. The molecule has 3 rings (SSSR count). The second-order valence-electron chi connectivity index (χ2n) is 5.96. The fourth-order valence-electron chi connectivity index (χ4n) is 3.00. The first-order valence-electron chi connectivity index (χ1n) is 7.97. The lowest BCUT2D eigenvalue weighted by molar-refractivity contribution is -0.131. The normalized spacial score (nSPS) is 15.1. The van der Waals surface area contributed by atoms with Crippen molar-refractivity contribution in [1.82, 2.24) is 10.2 Å². The summed E-state index contributed by atoms with van der Waals surface area (Å²) < 4.78 is 0. The van der Waals surface area contributed by atoms with Crippen LogP contribution in [0.5, 0.6) is 0 Å². The first-order valence-corrected chi connectivity index (χ1v) is 8.35. The molecule has 1 N–H and O–H groups in total. The Labute approximate surface area is 142 Å². The SMILES string of the molecule is C[C@H](NCC(=O)N1CCc2ccccc2C1)c1ccccc1Cl. The highest BCUT2D eigenvalue weighted by Crippen LogP contribution is 2.22. The Hall–Kier alpha value is -1.84. The van der Waals surface area contributed by atoms with E-state index in [0.717, 1.165) is 23.6 Å². The van der Waals surface area contributed by atoms with Crippen molar-refractivity contribution in [3.05, 3.63) is 70.2 Å². The van der Waals surface area contributed by atoms with Gasteiger partial charge >= 0.3 is 0 Å². The molecule has 1 aliphatic heterocycles. The molecule has 2 aromatic carbocycles. The van der Waals surface area contributed by atoms with E-state index in [9.17, 15) is 4.79 Å². The van der Waals surface area contributed by atoms with Crippen LogP contribution in [0.4, 0.5) is 0 Å². The highest BCUT2D eigenvalue weighted by molar-refractivity contribution is 6.31. The number of rotatable bonds is 4. The lowest BCUT2D eigenvalue weighted by Crippen LogP contribution is -2.41. The number of carbonyl (C=O) groups excluding carboxylic acids is 1. The molecule has 0 bridgehead atoms. The fourth-order valence-corrected chi connectivity index (χ4v) is 3.30. The maximum absolute atomic E-state index is 12.5. The van der Waals surface area contributed by atoms with Crippen LogP contribution in [0.15, 0.2) is 48.5 Å². The number of fused-ring (bicyclic) bond motifs is 1. The Balaban J connectivity index is 1.57. The molecular weight excluding hydrogens is 308 g/mol. The summed E-state index contributed by atoms with van der Waals surface area (Å²) in [4.78, 5) is 14.4. The lowest BCUT2D eigenvalue weighted by atomic mass is 10.00. The number of hydrogen-bond donors (Lipinski definition) is 1. The topological polar surface area (TPSA) is 32.3 Å².